The molecule has 6 heteroatoms. The van der Waals surface area contributed by atoms with Crippen LogP contribution in [-0.2, 0) is 17.9 Å². The molecule has 1 aromatic heterocycles. The number of esters is 1. The SMILES string of the molecule is CCSCCn1nnc(C(=O)OCc2ccccc2)c1C. The molecule has 0 unspecified atom stereocenters. The van der Waals surface area contributed by atoms with Gasteiger partial charge in [-0.2, -0.15) is 11.8 Å². The number of benzene rings is 1. The van der Waals surface area contributed by atoms with Crippen molar-refractivity contribution in [3.05, 3.63) is 47.3 Å². The van der Waals surface area contributed by atoms with E-state index >= 15 is 0 Å². The van der Waals surface area contributed by atoms with Crippen LogP contribution in [-0.4, -0.2) is 32.5 Å². The zero-order valence-corrected chi connectivity index (χ0v) is 13.1. The van der Waals surface area contributed by atoms with Gasteiger partial charge in [0.05, 0.1) is 12.2 Å². The van der Waals surface area contributed by atoms with Crippen molar-refractivity contribution in [2.24, 2.45) is 0 Å². The first-order valence-electron chi connectivity index (χ1n) is 6.91. The number of carbonyl (C=O) groups is 1. The second kappa shape index (κ2) is 7.83. The fraction of sp³-hybridized carbons (Fsp3) is 0.400. The fourth-order valence-corrected chi connectivity index (χ4v) is 2.44. The first-order chi connectivity index (χ1) is 10.2. The molecular weight excluding hydrogens is 286 g/mol. The van der Waals surface area contributed by atoms with Crippen LogP contribution in [0.25, 0.3) is 0 Å². The molecule has 0 amide bonds. The molecule has 2 aromatic rings. The molecule has 2 rings (SSSR count). The number of hydrogen-bond acceptors (Lipinski definition) is 5. The summed E-state index contributed by atoms with van der Waals surface area (Å²) < 4.78 is 7.03. The molecule has 0 saturated heterocycles. The van der Waals surface area contributed by atoms with Crippen LogP contribution in [0.5, 0.6) is 0 Å². The molecule has 0 atom stereocenters. The number of thioether (sulfide) groups is 1. The Balaban J connectivity index is 1.93. The molecule has 1 heterocycles. The summed E-state index contributed by atoms with van der Waals surface area (Å²) in [6, 6.07) is 9.58. The Hall–Kier alpha value is -1.82. The van der Waals surface area contributed by atoms with Gasteiger partial charge in [0.15, 0.2) is 5.69 Å². The number of aromatic nitrogens is 3. The summed E-state index contributed by atoms with van der Waals surface area (Å²) in [5.41, 5.74) is 2.01. The number of ether oxygens (including phenoxy) is 1. The van der Waals surface area contributed by atoms with Crippen LogP contribution >= 0.6 is 11.8 Å². The third-order valence-electron chi connectivity index (χ3n) is 3.04. The molecule has 0 spiro atoms. The van der Waals surface area contributed by atoms with Gasteiger partial charge >= 0.3 is 5.97 Å². The monoisotopic (exact) mass is 305 g/mol. The molecule has 0 N–H and O–H groups in total. The standard InChI is InChI=1S/C15H19N3O2S/c1-3-21-10-9-18-12(2)14(16-17-18)15(19)20-11-13-7-5-4-6-8-13/h4-8H,3,9-11H2,1-2H3. The van der Waals surface area contributed by atoms with E-state index in [4.69, 9.17) is 4.74 Å². The summed E-state index contributed by atoms with van der Waals surface area (Å²) in [5, 5.41) is 7.95. The highest BCUT2D eigenvalue weighted by Crippen LogP contribution is 2.09. The van der Waals surface area contributed by atoms with Gasteiger partial charge in [-0.15, -0.1) is 5.10 Å². The van der Waals surface area contributed by atoms with E-state index in [1.54, 1.807) is 4.68 Å². The van der Waals surface area contributed by atoms with E-state index in [1.165, 1.54) is 0 Å². The van der Waals surface area contributed by atoms with Crippen molar-refractivity contribution in [2.45, 2.75) is 27.0 Å². The summed E-state index contributed by atoms with van der Waals surface area (Å²) >= 11 is 1.83. The van der Waals surface area contributed by atoms with Crippen molar-refractivity contribution in [3.63, 3.8) is 0 Å². The van der Waals surface area contributed by atoms with E-state index in [9.17, 15) is 4.79 Å². The van der Waals surface area contributed by atoms with Crippen LogP contribution in [0.2, 0.25) is 0 Å². The molecular formula is C15H19N3O2S. The molecule has 112 valence electrons. The predicted octanol–water partition coefficient (Wildman–Crippen LogP) is 2.70. The molecule has 1 aromatic carbocycles. The van der Waals surface area contributed by atoms with Crippen LogP contribution in [0.15, 0.2) is 30.3 Å². The fourth-order valence-electron chi connectivity index (χ4n) is 1.85. The van der Waals surface area contributed by atoms with Crippen molar-refractivity contribution >= 4 is 17.7 Å². The van der Waals surface area contributed by atoms with Gasteiger partial charge in [-0.25, -0.2) is 9.48 Å². The summed E-state index contributed by atoms with van der Waals surface area (Å²) in [7, 11) is 0. The van der Waals surface area contributed by atoms with Gasteiger partial charge in [-0.3, -0.25) is 0 Å². The lowest BCUT2D eigenvalue weighted by Gasteiger charge is -2.04. The third kappa shape index (κ3) is 4.32. The van der Waals surface area contributed by atoms with Crippen molar-refractivity contribution in [1.82, 2.24) is 15.0 Å². The van der Waals surface area contributed by atoms with Crippen molar-refractivity contribution in [2.75, 3.05) is 11.5 Å². The summed E-state index contributed by atoms with van der Waals surface area (Å²) in [5.74, 6) is 1.60. The molecule has 0 bridgehead atoms. The zero-order chi connectivity index (χ0) is 15.1. The highest BCUT2D eigenvalue weighted by Gasteiger charge is 2.17. The molecule has 21 heavy (non-hydrogen) atoms. The lowest BCUT2D eigenvalue weighted by Crippen LogP contribution is -2.09. The highest BCUT2D eigenvalue weighted by atomic mass is 32.2. The first kappa shape index (κ1) is 15.6. The second-order valence-corrected chi connectivity index (χ2v) is 5.90. The minimum atomic E-state index is -0.425. The molecule has 0 radical (unpaired) electrons. The Morgan fingerprint density at radius 3 is 2.81 bits per heavy atom. The van der Waals surface area contributed by atoms with E-state index in [-0.39, 0.29) is 6.61 Å². The van der Waals surface area contributed by atoms with Gasteiger partial charge in [0, 0.05) is 5.75 Å². The minimum Gasteiger partial charge on any atom is -0.456 e. The largest absolute Gasteiger partial charge is 0.456 e. The lowest BCUT2D eigenvalue weighted by atomic mass is 10.2. The van der Waals surface area contributed by atoms with Crippen LogP contribution in [0.3, 0.4) is 0 Å². The molecule has 0 aliphatic carbocycles. The number of rotatable bonds is 7. The Bertz CT molecular complexity index is 584. The quantitative estimate of drug-likeness (QED) is 0.581. The van der Waals surface area contributed by atoms with Crippen molar-refractivity contribution in [3.8, 4) is 0 Å². The Labute approximate surface area is 128 Å². The van der Waals surface area contributed by atoms with Crippen molar-refractivity contribution < 1.29 is 9.53 Å². The number of aryl methyl sites for hydroxylation is 1. The summed E-state index contributed by atoms with van der Waals surface area (Å²) in [6.07, 6.45) is 0. The van der Waals surface area contributed by atoms with E-state index in [1.807, 2.05) is 49.0 Å². The maximum Gasteiger partial charge on any atom is 0.361 e. The molecule has 0 fully saturated rings. The molecule has 0 saturated carbocycles. The maximum atomic E-state index is 12.0. The predicted molar refractivity (Wildman–Crippen MR) is 83.3 cm³/mol. The lowest BCUT2D eigenvalue weighted by molar-refractivity contribution is 0.0464. The average Bonchev–Trinajstić information content (AvgIpc) is 2.87. The highest BCUT2D eigenvalue weighted by molar-refractivity contribution is 7.99. The number of hydrogen-bond donors (Lipinski definition) is 0. The van der Waals surface area contributed by atoms with Gasteiger partial charge < -0.3 is 4.74 Å². The van der Waals surface area contributed by atoms with Gasteiger partial charge in [-0.1, -0.05) is 42.5 Å². The number of nitrogens with zero attached hydrogens (tertiary/aromatic N) is 3. The minimum absolute atomic E-state index is 0.248. The molecule has 0 aliphatic heterocycles. The van der Waals surface area contributed by atoms with Gasteiger partial charge in [0.1, 0.15) is 6.61 Å². The second-order valence-electron chi connectivity index (χ2n) is 4.51. The molecule has 0 aliphatic rings. The van der Waals surface area contributed by atoms with Crippen LogP contribution in [0, 0.1) is 6.92 Å². The first-order valence-corrected chi connectivity index (χ1v) is 8.06. The topological polar surface area (TPSA) is 57.0 Å². The van der Waals surface area contributed by atoms with E-state index in [2.05, 4.69) is 17.2 Å². The smallest absolute Gasteiger partial charge is 0.361 e. The maximum absolute atomic E-state index is 12.0. The zero-order valence-electron chi connectivity index (χ0n) is 12.3. The van der Waals surface area contributed by atoms with Crippen LogP contribution < -0.4 is 0 Å². The third-order valence-corrected chi connectivity index (χ3v) is 3.92. The molecule has 5 nitrogen and oxygen atoms in total. The Kier molecular flexibility index (Phi) is 5.80. The van der Waals surface area contributed by atoms with Gasteiger partial charge in [0.25, 0.3) is 0 Å². The summed E-state index contributed by atoms with van der Waals surface area (Å²) in [4.78, 5) is 12.0. The van der Waals surface area contributed by atoms with E-state index in [0.29, 0.717) is 5.69 Å². The number of carbonyl (C=O) groups excluding carboxylic acids is 1. The van der Waals surface area contributed by atoms with Gasteiger partial charge in [0.2, 0.25) is 0 Å². The average molecular weight is 305 g/mol. The van der Waals surface area contributed by atoms with Crippen LogP contribution in [0.1, 0.15) is 28.7 Å². The van der Waals surface area contributed by atoms with E-state index < -0.39 is 5.97 Å². The van der Waals surface area contributed by atoms with Crippen LogP contribution in [0.4, 0.5) is 0 Å². The van der Waals surface area contributed by atoms with Crippen molar-refractivity contribution in [1.29, 1.82) is 0 Å². The Morgan fingerprint density at radius 1 is 1.33 bits per heavy atom. The van der Waals surface area contributed by atoms with E-state index in [0.717, 1.165) is 29.3 Å². The summed E-state index contributed by atoms with van der Waals surface area (Å²) in [6.45, 7) is 4.96. The van der Waals surface area contributed by atoms with Gasteiger partial charge in [-0.05, 0) is 18.2 Å². The normalized spacial score (nSPS) is 10.6. The Morgan fingerprint density at radius 2 is 2.10 bits per heavy atom.